The topological polar surface area (TPSA) is 78.9 Å². The Morgan fingerprint density at radius 1 is 1.38 bits per heavy atom. The third-order valence-electron chi connectivity index (χ3n) is 3.81. The maximum Gasteiger partial charge on any atom is 0.254 e. The standard InChI is InChI=1S/C16H23N3O2/c1-11(2)12-3-5-13(6-4-12)16(20)19(14-7-8-14)10-9-15(17)18-21/h3-6,11,14,21H,7-10H2,1-2H3,(H2,17,18). The van der Waals surface area contributed by atoms with Crippen molar-refractivity contribution in [1.82, 2.24) is 4.90 Å². The number of carbonyl (C=O) groups is 1. The molecule has 1 saturated carbocycles. The minimum Gasteiger partial charge on any atom is -0.409 e. The van der Waals surface area contributed by atoms with Crippen molar-refractivity contribution in [3.05, 3.63) is 35.4 Å². The number of oxime groups is 1. The first-order valence-corrected chi connectivity index (χ1v) is 7.40. The lowest BCUT2D eigenvalue weighted by Gasteiger charge is -2.22. The van der Waals surface area contributed by atoms with Crippen LogP contribution in [0, 0.1) is 0 Å². The number of nitrogens with two attached hydrogens (primary N) is 1. The Bertz CT molecular complexity index is 519. The molecule has 0 unspecified atom stereocenters. The van der Waals surface area contributed by atoms with Gasteiger partial charge in [0, 0.05) is 24.6 Å². The van der Waals surface area contributed by atoms with E-state index in [-0.39, 0.29) is 11.7 Å². The van der Waals surface area contributed by atoms with Crippen molar-refractivity contribution in [3.8, 4) is 0 Å². The fourth-order valence-electron chi connectivity index (χ4n) is 2.30. The Labute approximate surface area is 125 Å². The van der Waals surface area contributed by atoms with Gasteiger partial charge in [-0.1, -0.05) is 31.1 Å². The van der Waals surface area contributed by atoms with E-state index in [4.69, 9.17) is 10.9 Å². The Morgan fingerprint density at radius 2 is 2.00 bits per heavy atom. The lowest BCUT2D eigenvalue weighted by molar-refractivity contribution is 0.0747. The third kappa shape index (κ3) is 3.97. The number of rotatable bonds is 6. The van der Waals surface area contributed by atoms with E-state index in [1.54, 1.807) is 0 Å². The molecule has 0 radical (unpaired) electrons. The molecule has 1 aliphatic rings. The van der Waals surface area contributed by atoms with Gasteiger partial charge in [-0.05, 0) is 36.5 Å². The molecule has 0 saturated heterocycles. The molecular weight excluding hydrogens is 266 g/mol. The van der Waals surface area contributed by atoms with E-state index in [0.717, 1.165) is 12.8 Å². The van der Waals surface area contributed by atoms with Gasteiger partial charge in [0.05, 0.1) is 0 Å². The van der Waals surface area contributed by atoms with E-state index in [9.17, 15) is 4.79 Å². The van der Waals surface area contributed by atoms with Gasteiger partial charge in [0.25, 0.3) is 5.91 Å². The minimum absolute atomic E-state index is 0.0264. The number of hydrogen-bond donors (Lipinski definition) is 2. The van der Waals surface area contributed by atoms with Gasteiger partial charge < -0.3 is 15.8 Å². The maximum absolute atomic E-state index is 12.6. The van der Waals surface area contributed by atoms with Gasteiger partial charge >= 0.3 is 0 Å². The Balaban J connectivity index is 2.07. The summed E-state index contributed by atoms with van der Waals surface area (Å²) in [5.74, 6) is 0.636. The van der Waals surface area contributed by atoms with Gasteiger partial charge in [-0.2, -0.15) is 0 Å². The second-order valence-corrected chi connectivity index (χ2v) is 5.85. The molecule has 1 aliphatic carbocycles. The summed E-state index contributed by atoms with van der Waals surface area (Å²) in [4.78, 5) is 14.4. The molecule has 1 aromatic rings. The molecule has 0 aromatic heterocycles. The molecule has 0 spiro atoms. The molecule has 0 atom stereocenters. The number of nitrogens with zero attached hydrogens (tertiary/aromatic N) is 2. The lowest BCUT2D eigenvalue weighted by Crippen LogP contribution is -2.35. The summed E-state index contributed by atoms with van der Waals surface area (Å²) in [7, 11) is 0. The van der Waals surface area contributed by atoms with E-state index < -0.39 is 0 Å². The Morgan fingerprint density at radius 3 is 2.48 bits per heavy atom. The quantitative estimate of drug-likeness (QED) is 0.365. The van der Waals surface area contributed by atoms with Gasteiger partial charge in [-0.15, -0.1) is 0 Å². The maximum atomic E-state index is 12.6. The molecule has 0 aliphatic heterocycles. The van der Waals surface area contributed by atoms with Gasteiger partial charge in [0.1, 0.15) is 5.84 Å². The number of amides is 1. The number of benzene rings is 1. The molecule has 0 bridgehead atoms. The first-order chi connectivity index (χ1) is 10.0. The second kappa shape index (κ2) is 6.61. The van der Waals surface area contributed by atoms with E-state index in [1.807, 2.05) is 29.2 Å². The average molecular weight is 289 g/mol. The molecule has 1 amide bonds. The molecule has 21 heavy (non-hydrogen) atoms. The van der Waals surface area contributed by atoms with Gasteiger partial charge in [0.2, 0.25) is 0 Å². The minimum atomic E-state index is 0.0264. The summed E-state index contributed by atoms with van der Waals surface area (Å²) in [6.07, 6.45) is 2.46. The van der Waals surface area contributed by atoms with E-state index in [2.05, 4.69) is 19.0 Å². The van der Waals surface area contributed by atoms with Crippen molar-refractivity contribution < 1.29 is 10.0 Å². The molecular formula is C16H23N3O2. The highest BCUT2D eigenvalue weighted by molar-refractivity contribution is 5.95. The molecule has 1 aromatic carbocycles. The van der Waals surface area contributed by atoms with Gasteiger partial charge in [0.15, 0.2) is 0 Å². The molecule has 0 heterocycles. The van der Waals surface area contributed by atoms with E-state index in [0.29, 0.717) is 30.5 Å². The SMILES string of the molecule is CC(C)c1ccc(C(=O)N(CCC(N)=NO)C2CC2)cc1. The van der Waals surface area contributed by atoms with Crippen LogP contribution in [-0.4, -0.2) is 34.4 Å². The van der Waals surface area contributed by atoms with Crippen LogP contribution in [0.15, 0.2) is 29.4 Å². The van der Waals surface area contributed by atoms with Crippen molar-refractivity contribution in [2.75, 3.05) is 6.54 Å². The zero-order valence-corrected chi connectivity index (χ0v) is 12.6. The summed E-state index contributed by atoms with van der Waals surface area (Å²) in [6.45, 7) is 4.75. The van der Waals surface area contributed by atoms with Crippen molar-refractivity contribution in [3.63, 3.8) is 0 Å². The van der Waals surface area contributed by atoms with Crippen LogP contribution in [0.2, 0.25) is 0 Å². The molecule has 2 rings (SSSR count). The highest BCUT2D eigenvalue weighted by Gasteiger charge is 2.32. The van der Waals surface area contributed by atoms with Crippen molar-refractivity contribution in [2.24, 2.45) is 10.9 Å². The molecule has 3 N–H and O–H groups in total. The highest BCUT2D eigenvalue weighted by atomic mass is 16.4. The van der Waals surface area contributed by atoms with Crippen LogP contribution < -0.4 is 5.73 Å². The van der Waals surface area contributed by atoms with Crippen LogP contribution in [0.25, 0.3) is 0 Å². The predicted octanol–water partition coefficient (Wildman–Crippen LogP) is 2.55. The molecule has 1 fully saturated rings. The molecule has 5 nitrogen and oxygen atoms in total. The van der Waals surface area contributed by atoms with E-state index in [1.165, 1.54) is 5.56 Å². The monoisotopic (exact) mass is 289 g/mol. The van der Waals surface area contributed by atoms with Gasteiger partial charge in [-0.25, -0.2) is 0 Å². The van der Waals surface area contributed by atoms with Crippen LogP contribution in [0.4, 0.5) is 0 Å². The number of carbonyl (C=O) groups excluding carboxylic acids is 1. The summed E-state index contributed by atoms with van der Waals surface area (Å²) in [6, 6.07) is 8.08. The van der Waals surface area contributed by atoms with Gasteiger partial charge in [-0.3, -0.25) is 4.79 Å². The summed E-state index contributed by atoms with van der Waals surface area (Å²) < 4.78 is 0. The van der Waals surface area contributed by atoms with Crippen LogP contribution in [0.3, 0.4) is 0 Å². The van der Waals surface area contributed by atoms with Crippen LogP contribution in [-0.2, 0) is 0 Å². The van der Waals surface area contributed by atoms with Crippen molar-refractivity contribution >= 4 is 11.7 Å². The fraction of sp³-hybridized carbons (Fsp3) is 0.500. The Kier molecular flexibility index (Phi) is 4.83. The molecule has 114 valence electrons. The number of amidine groups is 1. The summed E-state index contributed by atoms with van der Waals surface area (Å²) in [5.41, 5.74) is 7.42. The van der Waals surface area contributed by atoms with Crippen molar-refractivity contribution in [2.45, 2.75) is 45.1 Å². The predicted molar refractivity (Wildman–Crippen MR) is 82.6 cm³/mol. The largest absolute Gasteiger partial charge is 0.409 e. The normalized spacial score (nSPS) is 15.3. The van der Waals surface area contributed by atoms with Crippen LogP contribution in [0.1, 0.15) is 54.9 Å². The summed E-state index contributed by atoms with van der Waals surface area (Å²) in [5, 5.41) is 11.6. The van der Waals surface area contributed by atoms with Crippen LogP contribution in [0.5, 0.6) is 0 Å². The third-order valence-corrected chi connectivity index (χ3v) is 3.81. The lowest BCUT2D eigenvalue weighted by atomic mass is 10.0. The first kappa shape index (κ1) is 15.4. The highest BCUT2D eigenvalue weighted by Crippen LogP contribution is 2.28. The van der Waals surface area contributed by atoms with Crippen LogP contribution >= 0.6 is 0 Å². The molecule has 5 heteroatoms. The number of hydrogen-bond acceptors (Lipinski definition) is 3. The first-order valence-electron chi connectivity index (χ1n) is 7.40. The van der Waals surface area contributed by atoms with Crippen molar-refractivity contribution in [1.29, 1.82) is 0 Å². The Hall–Kier alpha value is -2.04. The second-order valence-electron chi connectivity index (χ2n) is 5.85. The zero-order chi connectivity index (χ0) is 15.4. The zero-order valence-electron chi connectivity index (χ0n) is 12.6. The fourth-order valence-corrected chi connectivity index (χ4v) is 2.30. The van der Waals surface area contributed by atoms with E-state index >= 15 is 0 Å². The smallest absolute Gasteiger partial charge is 0.254 e. The average Bonchev–Trinajstić information content (AvgIpc) is 3.31. The summed E-state index contributed by atoms with van der Waals surface area (Å²) >= 11 is 0.